The van der Waals surface area contributed by atoms with Crippen LogP contribution in [-0.4, -0.2) is 72.6 Å². The fraction of sp³-hybridized carbons (Fsp3) is 0.622. The minimum absolute atomic E-state index is 0.313. The van der Waals surface area contributed by atoms with Crippen LogP contribution in [0.4, 0.5) is 17.1 Å². The van der Waals surface area contributed by atoms with Crippen LogP contribution in [0.3, 0.4) is 0 Å². The number of ether oxygens (including phenoxy) is 2. The second-order valence-electron chi connectivity index (χ2n) is 12.8. The quantitative estimate of drug-likeness (QED) is 0.0978. The lowest BCUT2D eigenvalue weighted by molar-refractivity contribution is -0.217. The minimum atomic E-state index is -1.43. The van der Waals surface area contributed by atoms with Gasteiger partial charge in [-0.15, -0.1) is 0 Å². The fourth-order valence-corrected chi connectivity index (χ4v) is 6.42. The summed E-state index contributed by atoms with van der Waals surface area (Å²) in [6.07, 6.45) is 14.3. The van der Waals surface area contributed by atoms with E-state index in [-0.39, 0.29) is 5.97 Å². The molecular formula is C37H55ClN4O4. The van der Waals surface area contributed by atoms with Gasteiger partial charge in [-0.3, -0.25) is 14.4 Å². The minimum Gasteiger partial charge on any atom is -0.436 e. The van der Waals surface area contributed by atoms with Crippen molar-refractivity contribution in [2.75, 3.05) is 38.1 Å². The van der Waals surface area contributed by atoms with E-state index in [1.54, 1.807) is 24.0 Å². The molecule has 2 aliphatic rings. The average Bonchev–Trinajstić information content (AvgIpc) is 3.18. The Labute approximate surface area is 281 Å². The molecule has 2 unspecified atom stereocenters. The fourth-order valence-electron chi connectivity index (χ4n) is 6.26. The van der Waals surface area contributed by atoms with Crippen LogP contribution in [0, 0.1) is 0 Å². The van der Waals surface area contributed by atoms with Crippen LogP contribution in [-0.2, 0) is 14.3 Å². The SMILES string of the molecule is CCCCCCCCCCCCCCCC(=O)OC(C)OC(O)N1c2ccc(Cl)cc2N=C(N2CCN(C)CC2)c2ccccc21. The number of nitrogens with zero attached hydrogens (tertiary/aromatic N) is 4. The van der Waals surface area contributed by atoms with Crippen LogP contribution in [0.5, 0.6) is 0 Å². The molecule has 0 spiro atoms. The zero-order valence-electron chi connectivity index (χ0n) is 28.3. The summed E-state index contributed by atoms with van der Waals surface area (Å²) in [5.41, 5.74) is 2.92. The largest absolute Gasteiger partial charge is 0.436 e. The maximum atomic E-state index is 12.6. The molecule has 0 aromatic heterocycles. The molecule has 1 N–H and O–H groups in total. The van der Waals surface area contributed by atoms with Crippen molar-refractivity contribution in [3.63, 3.8) is 0 Å². The van der Waals surface area contributed by atoms with Gasteiger partial charge in [0.1, 0.15) is 5.84 Å². The number of aliphatic hydroxyl groups is 1. The van der Waals surface area contributed by atoms with E-state index in [1.165, 1.54) is 64.2 Å². The van der Waals surface area contributed by atoms with Gasteiger partial charge in [0.2, 0.25) is 12.7 Å². The van der Waals surface area contributed by atoms with Gasteiger partial charge in [-0.2, -0.15) is 0 Å². The van der Waals surface area contributed by atoms with Crippen molar-refractivity contribution in [1.82, 2.24) is 9.80 Å². The van der Waals surface area contributed by atoms with Gasteiger partial charge >= 0.3 is 5.97 Å². The number of fused-ring (bicyclic) bond motifs is 2. The third kappa shape index (κ3) is 11.0. The maximum Gasteiger partial charge on any atom is 0.308 e. The van der Waals surface area contributed by atoms with Gasteiger partial charge in [-0.25, -0.2) is 4.99 Å². The third-order valence-electron chi connectivity index (χ3n) is 8.95. The summed E-state index contributed by atoms with van der Waals surface area (Å²) in [7, 11) is 2.12. The topological polar surface area (TPSA) is 77.8 Å². The zero-order chi connectivity index (χ0) is 32.7. The number of halogens is 1. The van der Waals surface area contributed by atoms with Gasteiger partial charge < -0.3 is 19.6 Å². The van der Waals surface area contributed by atoms with E-state index >= 15 is 0 Å². The highest BCUT2D eigenvalue weighted by atomic mass is 35.5. The molecule has 254 valence electrons. The number of para-hydroxylation sites is 1. The summed E-state index contributed by atoms with van der Waals surface area (Å²) in [4.78, 5) is 24.0. The Bertz CT molecular complexity index is 1250. The number of aliphatic imine (C=N–C) groups is 1. The number of esters is 1. The van der Waals surface area contributed by atoms with Gasteiger partial charge in [0, 0.05) is 43.2 Å². The maximum absolute atomic E-state index is 12.6. The summed E-state index contributed by atoms with van der Waals surface area (Å²) >= 11 is 6.42. The number of carbonyl (C=O) groups is 1. The summed E-state index contributed by atoms with van der Waals surface area (Å²) in [5, 5.41) is 12.0. The monoisotopic (exact) mass is 654 g/mol. The van der Waals surface area contributed by atoms with Crippen LogP contribution in [0.1, 0.15) is 109 Å². The molecule has 0 saturated carbocycles. The molecule has 2 aromatic carbocycles. The van der Waals surface area contributed by atoms with Crippen LogP contribution < -0.4 is 4.90 Å². The number of amidine groups is 1. The molecule has 4 rings (SSSR count). The first kappa shape index (κ1) is 36.2. The molecule has 0 amide bonds. The molecule has 2 aromatic rings. The van der Waals surface area contributed by atoms with Crippen molar-refractivity contribution < 1.29 is 19.4 Å². The molecule has 0 aliphatic carbocycles. The number of rotatable bonds is 18. The number of hydrogen-bond acceptors (Lipinski definition) is 8. The molecule has 2 aliphatic heterocycles. The number of carbonyl (C=O) groups excluding carboxylic acids is 1. The normalized spacial score (nSPS) is 16.3. The first-order chi connectivity index (χ1) is 22.4. The summed E-state index contributed by atoms with van der Waals surface area (Å²) in [5.74, 6) is 0.520. The highest BCUT2D eigenvalue weighted by molar-refractivity contribution is 6.31. The Morgan fingerprint density at radius 3 is 2.13 bits per heavy atom. The van der Waals surface area contributed by atoms with Gasteiger partial charge in [0.25, 0.3) is 0 Å². The van der Waals surface area contributed by atoms with Crippen LogP contribution in [0.15, 0.2) is 47.5 Å². The van der Waals surface area contributed by atoms with Crippen molar-refractivity contribution in [2.45, 2.75) is 116 Å². The lowest BCUT2D eigenvalue weighted by Crippen LogP contribution is -2.47. The van der Waals surface area contributed by atoms with Gasteiger partial charge in [-0.05, 0) is 50.7 Å². The number of benzene rings is 2. The highest BCUT2D eigenvalue weighted by Gasteiger charge is 2.32. The lowest BCUT2D eigenvalue weighted by atomic mass is 10.0. The number of piperazine rings is 1. The van der Waals surface area contributed by atoms with E-state index in [1.807, 2.05) is 30.3 Å². The molecular weight excluding hydrogens is 600 g/mol. The number of anilines is 2. The van der Waals surface area contributed by atoms with Gasteiger partial charge in [-0.1, -0.05) is 108 Å². The van der Waals surface area contributed by atoms with Crippen LogP contribution in [0.25, 0.3) is 0 Å². The predicted octanol–water partition coefficient (Wildman–Crippen LogP) is 8.78. The Kier molecular flexibility index (Phi) is 15.1. The molecule has 0 radical (unpaired) electrons. The first-order valence-electron chi connectivity index (χ1n) is 17.6. The lowest BCUT2D eigenvalue weighted by Gasteiger charge is -2.35. The Morgan fingerprint density at radius 2 is 1.48 bits per heavy atom. The second-order valence-corrected chi connectivity index (χ2v) is 13.2. The standard InChI is InChI=1S/C37H55ClN4O4/c1-4-5-6-7-8-9-10-11-12-13-14-15-16-21-35(43)45-29(2)46-37(44)42-33-20-18-17-19-31(33)36(41-26-24-40(3)25-27-41)39-32-28-30(38)22-23-34(32)42/h17-20,22-23,28-29,37,44H,4-16,21,24-27H2,1-3H3. The molecule has 2 atom stereocenters. The van der Waals surface area contributed by atoms with Gasteiger partial charge in [0.15, 0.2) is 0 Å². The zero-order valence-corrected chi connectivity index (χ0v) is 29.0. The first-order valence-corrected chi connectivity index (χ1v) is 18.0. The molecule has 1 saturated heterocycles. The van der Waals surface area contributed by atoms with Crippen molar-refractivity contribution in [3.8, 4) is 0 Å². The van der Waals surface area contributed by atoms with Crippen molar-refractivity contribution in [1.29, 1.82) is 0 Å². The van der Waals surface area contributed by atoms with Crippen molar-refractivity contribution in [2.24, 2.45) is 4.99 Å². The molecule has 46 heavy (non-hydrogen) atoms. The Balaban J connectivity index is 1.27. The molecule has 1 fully saturated rings. The second kappa shape index (κ2) is 19.2. The highest BCUT2D eigenvalue weighted by Crippen LogP contribution is 2.42. The number of likely N-dealkylation sites (N-methyl/N-ethyl adjacent to an activating group) is 1. The summed E-state index contributed by atoms with van der Waals surface area (Å²) in [6, 6.07) is 13.3. The van der Waals surface area contributed by atoms with E-state index < -0.39 is 12.7 Å². The van der Waals surface area contributed by atoms with Gasteiger partial charge in [0.05, 0.1) is 17.1 Å². The molecule has 9 heteroatoms. The summed E-state index contributed by atoms with van der Waals surface area (Å²) in [6.45, 7) is 7.44. The van der Waals surface area contributed by atoms with E-state index in [0.29, 0.717) is 22.8 Å². The summed E-state index contributed by atoms with van der Waals surface area (Å²) < 4.78 is 11.5. The average molecular weight is 655 g/mol. The van der Waals surface area contributed by atoms with Crippen LogP contribution >= 0.6 is 11.6 Å². The van der Waals surface area contributed by atoms with E-state index in [4.69, 9.17) is 26.1 Å². The van der Waals surface area contributed by atoms with E-state index in [0.717, 1.165) is 62.5 Å². The van der Waals surface area contributed by atoms with Crippen LogP contribution in [0.2, 0.25) is 5.02 Å². The van der Waals surface area contributed by atoms with Crippen molar-refractivity contribution in [3.05, 3.63) is 53.1 Å². The third-order valence-corrected chi connectivity index (χ3v) is 9.18. The predicted molar refractivity (Wildman–Crippen MR) is 188 cm³/mol. The smallest absolute Gasteiger partial charge is 0.308 e. The van der Waals surface area contributed by atoms with E-state index in [2.05, 4.69) is 23.8 Å². The Morgan fingerprint density at radius 1 is 0.870 bits per heavy atom. The Hall–Kier alpha value is -2.65. The number of hydrogen-bond donors (Lipinski definition) is 1. The molecule has 8 nitrogen and oxygen atoms in total. The van der Waals surface area contributed by atoms with E-state index in [9.17, 15) is 9.90 Å². The number of unbranched alkanes of at least 4 members (excludes halogenated alkanes) is 12. The number of aliphatic hydroxyl groups excluding tert-OH is 1. The molecule has 0 bridgehead atoms. The van der Waals surface area contributed by atoms with Crippen molar-refractivity contribution >= 4 is 40.5 Å². The molecule has 2 heterocycles.